The van der Waals surface area contributed by atoms with Crippen molar-refractivity contribution in [1.82, 2.24) is 5.32 Å². The lowest BCUT2D eigenvalue weighted by atomic mass is 10.2. The smallest absolute Gasteiger partial charge is 0.223 e. The van der Waals surface area contributed by atoms with Gasteiger partial charge in [-0.2, -0.15) is 5.26 Å². The predicted molar refractivity (Wildman–Crippen MR) is 42.7 cm³/mol. The van der Waals surface area contributed by atoms with Crippen LogP contribution < -0.4 is 5.32 Å². The van der Waals surface area contributed by atoms with Gasteiger partial charge in [0.25, 0.3) is 0 Å². The molecule has 1 atom stereocenters. The molecule has 0 heterocycles. The third-order valence-electron chi connectivity index (χ3n) is 1.40. The summed E-state index contributed by atoms with van der Waals surface area (Å²) in [5.41, 5.74) is 0. The van der Waals surface area contributed by atoms with E-state index in [9.17, 15) is 4.79 Å². The highest BCUT2D eigenvalue weighted by molar-refractivity contribution is 5.78. The molecule has 1 N–H and O–H groups in total. The number of carbonyl (C=O) groups is 1. The zero-order valence-electron chi connectivity index (χ0n) is 7.22. The molecule has 0 aromatic rings. The summed E-state index contributed by atoms with van der Waals surface area (Å²) in [5, 5.41) is 11.1. The Morgan fingerprint density at radius 3 is 2.45 bits per heavy atom. The summed E-state index contributed by atoms with van der Waals surface area (Å²) in [5.74, 6) is -0.101. The van der Waals surface area contributed by atoms with Crippen LogP contribution in [0, 0.1) is 17.2 Å². The zero-order chi connectivity index (χ0) is 8.85. The number of amides is 1. The molecule has 0 bridgehead atoms. The van der Waals surface area contributed by atoms with Crippen LogP contribution >= 0.6 is 0 Å². The second-order valence-corrected chi connectivity index (χ2v) is 2.75. The highest BCUT2D eigenvalue weighted by Gasteiger charge is 2.11. The van der Waals surface area contributed by atoms with E-state index in [4.69, 9.17) is 5.26 Å². The van der Waals surface area contributed by atoms with E-state index in [0.29, 0.717) is 6.42 Å². The minimum Gasteiger partial charge on any atom is -0.340 e. The van der Waals surface area contributed by atoms with E-state index in [2.05, 4.69) is 5.32 Å². The number of nitrogens with one attached hydrogen (secondary N) is 1. The van der Waals surface area contributed by atoms with Crippen LogP contribution in [0.15, 0.2) is 0 Å². The van der Waals surface area contributed by atoms with E-state index in [0.717, 1.165) is 0 Å². The van der Waals surface area contributed by atoms with Crippen LogP contribution in [0.5, 0.6) is 0 Å². The topological polar surface area (TPSA) is 52.9 Å². The summed E-state index contributed by atoms with van der Waals surface area (Å²) >= 11 is 0. The maximum absolute atomic E-state index is 11.0. The van der Waals surface area contributed by atoms with Gasteiger partial charge in [0, 0.05) is 5.92 Å². The van der Waals surface area contributed by atoms with E-state index < -0.39 is 0 Å². The average Bonchev–Trinajstić information content (AvgIpc) is 1.99. The maximum Gasteiger partial charge on any atom is 0.223 e. The van der Waals surface area contributed by atoms with Crippen molar-refractivity contribution < 1.29 is 4.79 Å². The number of rotatable bonds is 3. The highest BCUT2D eigenvalue weighted by atomic mass is 16.1. The Kier molecular flexibility index (Phi) is 4.28. The number of hydrogen-bond acceptors (Lipinski definition) is 2. The van der Waals surface area contributed by atoms with E-state index >= 15 is 0 Å². The zero-order valence-corrected chi connectivity index (χ0v) is 7.22. The molecule has 0 aliphatic carbocycles. The van der Waals surface area contributed by atoms with Crippen LogP contribution in [0.25, 0.3) is 0 Å². The molecular weight excluding hydrogens is 140 g/mol. The molecule has 0 saturated carbocycles. The first-order valence-electron chi connectivity index (χ1n) is 3.81. The van der Waals surface area contributed by atoms with E-state index in [1.165, 1.54) is 0 Å². The van der Waals surface area contributed by atoms with Crippen molar-refractivity contribution in [2.45, 2.75) is 33.2 Å². The van der Waals surface area contributed by atoms with Crippen LogP contribution in [0.3, 0.4) is 0 Å². The second-order valence-electron chi connectivity index (χ2n) is 2.75. The molecule has 0 unspecified atom stereocenters. The molecule has 3 heteroatoms. The molecule has 0 spiro atoms. The van der Waals surface area contributed by atoms with Crippen molar-refractivity contribution in [1.29, 1.82) is 5.26 Å². The Labute approximate surface area is 67.4 Å². The molecule has 3 nitrogen and oxygen atoms in total. The average molecular weight is 154 g/mol. The van der Waals surface area contributed by atoms with Crippen LogP contribution in [0.4, 0.5) is 0 Å². The summed E-state index contributed by atoms with van der Waals surface area (Å²) in [6, 6.07) is 1.68. The van der Waals surface area contributed by atoms with Crippen LogP contribution in [0.2, 0.25) is 0 Å². The van der Waals surface area contributed by atoms with Gasteiger partial charge in [0.05, 0.1) is 6.07 Å². The first kappa shape index (κ1) is 9.96. The van der Waals surface area contributed by atoms with Crippen molar-refractivity contribution in [3.63, 3.8) is 0 Å². The molecule has 11 heavy (non-hydrogen) atoms. The minimum atomic E-state index is -0.329. The lowest BCUT2D eigenvalue weighted by molar-refractivity contribution is -0.124. The van der Waals surface area contributed by atoms with Gasteiger partial charge in [-0.3, -0.25) is 4.79 Å². The molecule has 0 saturated heterocycles. The number of hydrogen-bond donors (Lipinski definition) is 1. The monoisotopic (exact) mass is 154 g/mol. The van der Waals surface area contributed by atoms with Crippen molar-refractivity contribution >= 4 is 5.91 Å². The van der Waals surface area contributed by atoms with Crippen molar-refractivity contribution in [3.05, 3.63) is 0 Å². The first-order chi connectivity index (χ1) is 5.11. The normalized spacial score (nSPS) is 12.3. The first-order valence-corrected chi connectivity index (χ1v) is 3.81. The Morgan fingerprint density at radius 2 is 2.18 bits per heavy atom. The lowest BCUT2D eigenvalue weighted by Gasteiger charge is -2.10. The molecule has 0 aliphatic rings. The van der Waals surface area contributed by atoms with Gasteiger partial charge in [0.2, 0.25) is 5.91 Å². The highest BCUT2D eigenvalue weighted by Crippen LogP contribution is 1.94. The Morgan fingerprint density at radius 1 is 1.64 bits per heavy atom. The molecule has 0 aliphatic heterocycles. The molecule has 62 valence electrons. The van der Waals surface area contributed by atoms with Gasteiger partial charge in [0.1, 0.15) is 6.04 Å². The maximum atomic E-state index is 11.0. The fourth-order valence-electron chi connectivity index (χ4n) is 0.564. The van der Waals surface area contributed by atoms with Crippen molar-refractivity contribution in [3.8, 4) is 6.07 Å². The van der Waals surface area contributed by atoms with Gasteiger partial charge in [-0.1, -0.05) is 20.8 Å². The summed E-state index contributed by atoms with van der Waals surface area (Å²) in [7, 11) is 0. The molecule has 0 rings (SSSR count). The fraction of sp³-hybridized carbons (Fsp3) is 0.750. The van der Waals surface area contributed by atoms with Gasteiger partial charge >= 0.3 is 0 Å². The fourth-order valence-corrected chi connectivity index (χ4v) is 0.564. The number of carbonyl (C=O) groups excluding carboxylic acids is 1. The van der Waals surface area contributed by atoms with E-state index in [1.54, 1.807) is 13.8 Å². The molecule has 1 amide bonds. The predicted octanol–water partition coefficient (Wildman–Crippen LogP) is 1.06. The van der Waals surface area contributed by atoms with Gasteiger partial charge in [-0.25, -0.2) is 0 Å². The minimum absolute atomic E-state index is 0.0441. The Hall–Kier alpha value is -1.04. The van der Waals surface area contributed by atoms with Gasteiger partial charge in [-0.05, 0) is 6.42 Å². The number of nitriles is 1. The largest absolute Gasteiger partial charge is 0.340 e. The van der Waals surface area contributed by atoms with Crippen molar-refractivity contribution in [2.75, 3.05) is 0 Å². The van der Waals surface area contributed by atoms with Gasteiger partial charge < -0.3 is 5.32 Å². The van der Waals surface area contributed by atoms with Gasteiger partial charge in [-0.15, -0.1) is 0 Å². The quantitative estimate of drug-likeness (QED) is 0.660. The summed E-state index contributed by atoms with van der Waals surface area (Å²) < 4.78 is 0. The Balaban J connectivity index is 3.84. The standard InChI is InChI=1S/C8H14N2O/c1-4-7(5-9)10-8(11)6(2)3/h6-7H,4H2,1-3H3,(H,10,11)/t7-/m0/s1. The molecule has 0 fully saturated rings. The van der Waals surface area contributed by atoms with E-state index in [1.807, 2.05) is 13.0 Å². The van der Waals surface area contributed by atoms with Crippen LogP contribution in [-0.2, 0) is 4.79 Å². The van der Waals surface area contributed by atoms with E-state index in [-0.39, 0.29) is 17.9 Å². The molecule has 0 aromatic heterocycles. The number of nitrogens with zero attached hydrogens (tertiary/aromatic N) is 1. The third kappa shape index (κ3) is 3.61. The summed E-state index contributed by atoms with van der Waals surface area (Å²) in [4.78, 5) is 11.0. The van der Waals surface area contributed by atoms with Crippen LogP contribution in [-0.4, -0.2) is 11.9 Å². The Bertz CT molecular complexity index is 169. The van der Waals surface area contributed by atoms with Crippen molar-refractivity contribution in [2.24, 2.45) is 5.92 Å². The third-order valence-corrected chi connectivity index (χ3v) is 1.40. The molecule has 0 aromatic carbocycles. The molecular formula is C8H14N2O. The lowest BCUT2D eigenvalue weighted by Crippen LogP contribution is -2.35. The van der Waals surface area contributed by atoms with Crippen LogP contribution in [0.1, 0.15) is 27.2 Å². The SMILES string of the molecule is CC[C@@H](C#N)NC(=O)C(C)C. The second kappa shape index (κ2) is 4.73. The summed E-state index contributed by atoms with van der Waals surface area (Å²) in [6.07, 6.45) is 0.662. The summed E-state index contributed by atoms with van der Waals surface area (Å²) in [6.45, 7) is 5.48. The van der Waals surface area contributed by atoms with Gasteiger partial charge in [0.15, 0.2) is 0 Å². The molecule has 0 radical (unpaired) electrons.